The summed E-state index contributed by atoms with van der Waals surface area (Å²) < 4.78 is 12.4. The Kier molecular flexibility index (Phi) is 3.77. The third-order valence-corrected chi connectivity index (χ3v) is 3.91. The Morgan fingerprint density at radius 2 is 2.08 bits per heavy atom. The molecule has 1 N–H and O–H groups in total. The summed E-state index contributed by atoms with van der Waals surface area (Å²) in [5, 5.41) is 8.41. The SMILES string of the molecule is COc1ccnc(Cn2cc(-c3cnc4cc[nH]c4c3)nn2)c1OC. The number of pyridine rings is 2. The van der Waals surface area contributed by atoms with Crippen molar-refractivity contribution in [3.63, 3.8) is 0 Å². The van der Waals surface area contributed by atoms with Crippen LogP contribution in [-0.2, 0) is 6.54 Å². The maximum Gasteiger partial charge on any atom is 0.184 e. The van der Waals surface area contributed by atoms with Gasteiger partial charge in [0, 0.05) is 30.2 Å². The first-order valence-electron chi connectivity index (χ1n) is 7.68. The molecule has 4 aromatic rings. The second-order valence-electron chi connectivity index (χ2n) is 5.43. The van der Waals surface area contributed by atoms with E-state index in [4.69, 9.17) is 9.47 Å². The molecular formula is C17H16N6O2. The maximum atomic E-state index is 5.41. The fraction of sp³-hybridized carbons (Fsp3) is 0.176. The second kappa shape index (κ2) is 6.23. The van der Waals surface area contributed by atoms with Crippen LogP contribution in [0.5, 0.6) is 11.5 Å². The molecule has 0 radical (unpaired) electrons. The average Bonchev–Trinajstić information content (AvgIpc) is 3.29. The predicted octanol–water partition coefficient (Wildman–Crippen LogP) is 2.28. The van der Waals surface area contributed by atoms with Crippen LogP contribution in [0.4, 0.5) is 0 Å². The molecule has 0 aliphatic heterocycles. The van der Waals surface area contributed by atoms with Crippen LogP contribution in [0.15, 0.2) is 43.0 Å². The fourth-order valence-corrected chi connectivity index (χ4v) is 2.70. The fourth-order valence-electron chi connectivity index (χ4n) is 2.70. The van der Waals surface area contributed by atoms with Gasteiger partial charge in [-0.1, -0.05) is 5.21 Å². The summed E-state index contributed by atoms with van der Waals surface area (Å²) in [7, 11) is 3.19. The van der Waals surface area contributed by atoms with Crippen LogP contribution in [0.2, 0.25) is 0 Å². The zero-order valence-electron chi connectivity index (χ0n) is 13.8. The summed E-state index contributed by atoms with van der Waals surface area (Å²) in [6.07, 6.45) is 7.18. The van der Waals surface area contributed by atoms with E-state index >= 15 is 0 Å². The lowest BCUT2D eigenvalue weighted by molar-refractivity contribution is 0.348. The molecule has 4 rings (SSSR count). The molecule has 0 fully saturated rings. The number of H-pyrrole nitrogens is 1. The quantitative estimate of drug-likeness (QED) is 0.601. The topological polar surface area (TPSA) is 90.7 Å². The number of hydrogen-bond donors (Lipinski definition) is 1. The lowest BCUT2D eigenvalue weighted by atomic mass is 10.2. The van der Waals surface area contributed by atoms with E-state index in [1.807, 2.05) is 24.5 Å². The van der Waals surface area contributed by atoms with Gasteiger partial charge in [-0.3, -0.25) is 9.97 Å². The van der Waals surface area contributed by atoms with Gasteiger partial charge in [-0.15, -0.1) is 5.10 Å². The third kappa shape index (κ3) is 2.78. The lowest BCUT2D eigenvalue weighted by Crippen LogP contribution is -2.05. The number of nitrogens with one attached hydrogen (secondary N) is 1. The molecule has 0 amide bonds. The van der Waals surface area contributed by atoms with Gasteiger partial charge in [-0.05, 0) is 12.1 Å². The summed E-state index contributed by atoms with van der Waals surface area (Å²) >= 11 is 0. The largest absolute Gasteiger partial charge is 0.493 e. The van der Waals surface area contributed by atoms with Crippen molar-refractivity contribution in [3.05, 3.63) is 48.7 Å². The number of aromatic amines is 1. The molecule has 8 heteroatoms. The summed E-state index contributed by atoms with van der Waals surface area (Å²) in [5.41, 5.74) is 4.23. The van der Waals surface area contributed by atoms with Crippen molar-refractivity contribution in [3.8, 4) is 22.8 Å². The Balaban J connectivity index is 1.63. The molecule has 0 aromatic carbocycles. The van der Waals surface area contributed by atoms with Crippen LogP contribution in [0.3, 0.4) is 0 Å². The number of methoxy groups -OCH3 is 2. The number of rotatable bonds is 5. The molecule has 0 unspecified atom stereocenters. The minimum atomic E-state index is 0.422. The van der Waals surface area contributed by atoms with Crippen molar-refractivity contribution in [2.24, 2.45) is 0 Å². The number of fused-ring (bicyclic) bond motifs is 1. The van der Waals surface area contributed by atoms with E-state index in [-0.39, 0.29) is 0 Å². The standard InChI is InChI=1S/C17H16N6O2/c1-24-16-4-6-19-15(17(16)25-2)10-23-9-14(21-22-23)11-7-13-12(20-8-11)3-5-18-13/h3-9,18H,10H2,1-2H3. The Labute approximate surface area is 143 Å². The van der Waals surface area contributed by atoms with Crippen LogP contribution in [0.1, 0.15) is 5.69 Å². The third-order valence-electron chi connectivity index (χ3n) is 3.91. The Morgan fingerprint density at radius 1 is 1.16 bits per heavy atom. The van der Waals surface area contributed by atoms with Crippen molar-refractivity contribution in [1.29, 1.82) is 0 Å². The van der Waals surface area contributed by atoms with Crippen LogP contribution in [-0.4, -0.2) is 44.2 Å². The molecule has 0 aliphatic rings. The molecule has 0 atom stereocenters. The molecule has 0 spiro atoms. The van der Waals surface area contributed by atoms with Crippen molar-refractivity contribution in [2.45, 2.75) is 6.54 Å². The highest BCUT2D eigenvalue weighted by molar-refractivity contribution is 5.79. The van der Waals surface area contributed by atoms with Gasteiger partial charge in [-0.2, -0.15) is 0 Å². The smallest absolute Gasteiger partial charge is 0.184 e. The predicted molar refractivity (Wildman–Crippen MR) is 91.6 cm³/mol. The van der Waals surface area contributed by atoms with E-state index in [0.717, 1.165) is 28.0 Å². The summed E-state index contributed by atoms with van der Waals surface area (Å²) in [5.74, 6) is 1.23. The van der Waals surface area contributed by atoms with E-state index in [0.29, 0.717) is 18.0 Å². The molecule has 0 saturated carbocycles. The zero-order chi connectivity index (χ0) is 17.2. The molecule has 0 saturated heterocycles. The molecule has 4 aromatic heterocycles. The zero-order valence-corrected chi connectivity index (χ0v) is 13.8. The van der Waals surface area contributed by atoms with Gasteiger partial charge >= 0.3 is 0 Å². The monoisotopic (exact) mass is 336 g/mol. The molecule has 4 heterocycles. The first-order chi connectivity index (χ1) is 12.3. The second-order valence-corrected chi connectivity index (χ2v) is 5.43. The highest BCUT2D eigenvalue weighted by Gasteiger charge is 2.13. The van der Waals surface area contributed by atoms with E-state index in [1.54, 1.807) is 37.4 Å². The van der Waals surface area contributed by atoms with Gasteiger partial charge in [0.05, 0.1) is 38.0 Å². The molecule has 25 heavy (non-hydrogen) atoms. The average molecular weight is 336 g/mol. The highest BCUT2D eigenvalue weighted by Crippen LogP contribution is 2.29. The normalized spacial score (nSPS) is 11.0. The number of aromatic nitrogens is 6. The highest BCUT2D eigenvalue weighted by atomic mass is 16.5. The molecule has 0 bridgehead atoms. The lowest BCUT2D eigenvalue weighted by Gasteiger charge is -2.11. The summed E-state index contributed by atoms with van der Waals surface area (Å²) in [6, 6.07) is 5.68. The molecule has 0 aliphatic carbocycles. The van der Waals surface area contributed by atoms with Crippen molar-refractivity contribution < 1.29 is 9.47 Å². The Bertz CT molecular complexity index is 1020. The van der Waals surface area contributed by atoms with Crippen LogP contribution < -0.4 is 9.47 Å². The van der Waals surface area contributed by atoms with Gasteiger partial charge < -0.3 is 14.5 Å². The van der Waals surface area contributed by atoms with Gasteiger partial charge in [-0.25, -0.2) is 4.68 Å². The maximum absolute atomic E-state index is 5.41. The van der Waals surface area contributed by atoms with Gasteiger partial charge in [0.2, 0.25) is 0 Å². The van der Waals surface area contributed by atoms with Crippen molar-refractivity contribution in [2.75, 3.05) is 14.2 Å². The van der Waals surface area contributed by atoms with Crippen molar-refractivity contribution >= 4 is 11.0 Å². The van der Waals surface area contributed by atoms with Crippen LogP contribution in [0, 0.1) is 0 Å². The summed E-state index contributed by atoms with van der Waals surface area (Å²) in [4.78, 5) is 11.9. The number of hydrogen-bond acceptors (Lipinski definition) is 6. The molecular weight excluding hydrogens is 320 g/mol. The first-order valence-corrected chi connectivity index (χ1v) is 7.68. The minimum absolute atomic E-state index is 0.422. The minimum Gasteiger partial charge on any atom is -0.493 e. The Hall–Kier alpha value is -3.42. The van der Waals surface area contributed by atoms with Gasteiger partial charge in [0.25, 0.3) is 0 Å². The molecule has 126 valence electrons. The van der Waals surface area contributed by atoms with E-state index in [2.05, 4.69) is 25.3 Å². The number of ether oxygens (including phenoxy) is 2. The van der Waals surface area contributed by atoms with Gasteiger partial charge in [0.15, 0.2) is 11.5 Å². The number of nitrogens with zero attached hydrogens (tertiary/aromatic N) is 5. The Morgan fingerprint density at radius 3 is 2.92 bits per heavy atom. The van der Waals surface area contributed by atoms with Crippen molar-refractivity contribution in [1.82, 2.24) is 29.9 Å². The van der Waals surface area contributed by atoms with E-state index in [9.17, 15) is 0 Å². The molecule has 8 nitrogen and oxygen atoms in total. The van der Waals surface area contributed by atoms with E-state index < -0.39 is 0 Å². The van der Waals surface area contributed by atoms with Gasteiger partial charge in [0.1, 0.15) is 11.4 Å². The van der Waals surface area contributed by atoms with Crippen LogP contribution >= 0.6 is 0 Å². The summed E-state index contributed by atoms with van der Waals surface area (Å²) in [6.45, 7) is 0.422. The van der Waals surface area contributed by atoms with E-state index in [1.165, 1.54) is 0 Å². The first kappa shape index (κ1) is 15.1. The van der Waals surface area contributed by atoms with Crippen LogP contribution in [0.25, 0.3) is 22.3 Å².